The molecule has 2 aliphatic heterocycles. The van der Waals surface area contributed by atoms with Crippen molar-refractivity contribution in [3.05, 3.63) is 0 Å². The number of fused-ring (bicyclic) bond motifs is 1. The molecule has 11 heavy (non-hydrogen) atoms. The van der Waals surface area contributed by atoms with Gasteiger partial charge in [-0.25, -0.2) is 0 Å². The Bertz CT molecular complexity index is 126. The van der Waals surface area contributed by atoms with E-state index >= 15 is 0 Å². The molecule has 1 N–H and O–H groups in total. The lowest BCUT2D eigenvalue weighted by atomic mass is 10.1. The third-order valence-electron chi connectivity index (χ3n) is 2.42. The van der Waals surface area contributed by atoms with Crippen molar-refractivity contribution in [2.24, 2.45) is 0 Å². The van der Waals surface area contributed by atoms with Gasteiger partial charge in [-0.15, -0.1) is 0 Å². The summed E-state index contributed by atoms with van der Waals surface area (Å²) in [6.45, 7) is 4.71. The second-order valence-corrected chi connectivity index (χ2v) is 3.36. The summed E-state index contributed by atoms with van der Waals surface area (Å²) in [5, 5.41) is 3.44. The lowest BCUT2D eigenvalue weighted by Gasteiger charge is -2.13. The molecule has 2 rings (SSSR count). The number of hydrogen-bond donors (Lipinski definition) is 1. The maximum atomic E-state index is 5.53. The van der Waals surface area contributed by atoms with Crippen LogP contribution in [0.2, 0.25) is 0 Å². The Morgan fingerprint density at radius 1 is 1.36 bits per heavy atom. The van der Waals surface area contributed by atoms with Crippen molar-refractivity contribution in [3.63, 3.8) is 0 Å². The van der Waals surface area contributed by atoms with Gasteiger partial charge in [0, 0.05) is 19.2 Å². The molecule has 2 aliphatic rings. The molecule has 2 fully saturated rings. The van der Waals surface area contributed by atoms with Gasteiger partial charge in [0.25, 0.3) is 0 Å². The highest BCUT2D eigenvalue weighted by molar-refractivity contribution is 4.85. The van der Waals surface area contributed by atoms with E-state index in [2.05, 4.69) is 12.2 Å². The lowest BCUT2D eigenvalue weighted by molar-refractivity contribution is -0.000913. The summed E-state index contributed by atoms with van der Waals surface area (Å²) < 4.78 is 11.0. The van der Waals surface area contributed by atoms with Crippen LogP contribution in [-0.4, -0.2) is 38.0 Å². The van der Waals surface area contributed by atoms with Crippen molar-refractivity contribution in [1.82, 2.24) is 5.32 Å². The molecule has 0 radical (unpaired) electrons. The van der Waals surface area contributed by atoms with Crippen molar-refractivity contribution < 1.29 is 9.47 Å². The second kappa shape index (κ2) is 3.09. The third kappa shape index (κ3) is 1.55. The Balaban J connectivity index is 1.95. The van der Waals surface area contributed by atoms with E-state index in [4.69, 9.17) is 9.47 Å². The number of hydrogen-bond acceptors (Lipinski definition) is 3. The van der Waals surface area contributed by atoms with Crippen LogP contribution in [0.15, 0.2) is 0 Å². The van der Waals surface area contributed by atoms with Gasteiger partial charge in [-0.3, -0.25) is 0 Å². The van der Waals surface area contributed by atoms with Crippen molar-refractivity contribution >= 4 is 0 Å². The number of nitrogens with one attached hydrogen (secondary N) is 1. The SMILES string of the molecule is CC1CNC2CCOC2CO1. The molecule has 0 aromatic rings. The Morgan fingerprint density at radius 3 is 3.18 bits per heavy atom. The van der Waals surface area contributed by atoms with Crippen LogP contribution in [-0.2, 0) is 9.47 Å². The third-order valence-corrected chi connectivity index (χ3v) is 2.42. The van der Waals surface area contributed by atoms with Crippen LogP contribution in [0, 0.1) is 0 Å². The van der Waals surface area contributed by atoms with Crippen LogP contribution < -0.4 is 5.32 Å². The molecule has 64 valence electrons. The van der Waals surface area contributed by atoms with E-state index in [1.54, 1.807) is 0 Å². The van der Waals surface area contributed by atoms with E-state index in [0.717, 1.165) is 26.2 Å². The molecular weight excluding hydrogens is 142 g/mol. The molecule has 0 bridgehead atoms. The molecule has 2 saturated heterocycles. The summed E-state index contributed by atoms with van der Waals surface area (Å²) in [6, 6.07) is 0.542. The fraction of sp³-hybridized carbons (Fsp3) is 1.00. The van der Waals surface area contributed by atoms with Gasteiger partial charge in [-0.1, -0.05) is 0 Å². The summed E-state index contributed by atoms with van der Waals surface area (Å²) in [5.41, 5.74) is 0. The normalized spacial score (nSPS) is 45.0. The monoisotopic (exact) mass is 157 g/mol. The van der Waals surface area contributed by atoms with Crippen LogP contribution >= 0.6 is 0 Å². The van der Waals surface area contributed by atoms with Crippen molar-refractivity contribution in [3.8, 4) is 0 Å². The minimum absolute atomic E-state index is 0.306. The largest absolute Gasteiger partial charge is 0.374 e. The van der Waals surface area contributed by atoms with Gasteiger partial charge in [-0.05, 0) is 13.3 Å². The smallest absolute Gasteiger partial charge is 0.0961 e. The van der Waals surface area contributed by atoms with Gasteiger partial charge in [0.05, 0.1) is 18.8 Å². The zero-order chi connectivity index (χ0) is 7.68. The highest BCUT2D eigenvalue weighted by atomic mass is 16.5. The Hall–Kier alpha value is -0.120. The Morgan fingerprint density at radius 2 is 2.27 bits per heavy atom. The van der Waals surface area contributed by atoms with Gasteiger partial charge < -0.3 is 14.8 Å². The van der Waals surface area contributed by atoms with Gasteiger partial charge >= 0.3 is 0 Å². The molecule has 3 nitrogen and oxygen atoms in total. The average Bonchev–Trinajstić information content (AvgIpc) is 2.38. The van der Waals surface area contributed by atoms with E-state index in [9.17, 15) is 0 Å². The van der Waals surface area contributed by atoms with E-state index in [0.29, 0.717) is 18.2 Å². The minimum atomic E-state index is 0.306. The minimum Gasteiger partial charge on any atom is -0.374 e. The Labute approximate surface area is 67.1 Å². The van der Waals surface area contributed by atoms with E-state index < -0.39 is 0 Å². The fourth-order valence-electron chi connectivity index (χ4n) is 1.68. The molecule has 2 heterocycles. The van der Waals surface area contributed by atoms with Crippen molar-refractivity contribution in [2.45, 2.75) is 31.6 Å². The number of rotatable bonds is 0. The lowest BCUT2D eigenvalue weighted by Crippen LogP contribution is -2.37. The van der Waals surface area contributed by atoms with Crippen LogP contribution in [0.4, 0.5) is 0 Å². The molecule has 0 aromatic heterocycles. The molecule has 0 spiro atoms. The molecule has 3 atom stereocenters. The first kappa shape index (κ1) is 7.53. The summed E-state index contributed by atoms with van der Waals surface area (Å²) in [6.07, 6.45) is 1.78. The summed E-state index contributed by atoms with van der Waals surface area (Å²) in [7, 11) is 0. The topological polar surface area (TPSA) is 30.5 Å². The van der Waals surface area contributed by atoms with E-state index in [-0.39, 0.29) is 0 Å². The molecule has 3 unspecified atom stereocenters. The van der Waals surface area contributed by atoms with Gasteiger partial charge in [0.2, 0.25) is 0 Å². The zero-order valence-corrected chi connectivity index (χ0v) is 6.88. The van der Waals surface area contributed by atoms with Gasteiger partial charge in [-0.2, -0.15) is 0 Å². The fourth-order valence-corrected chi connectivity index (χ4v) is 1.68. The molecule has 0 saturated carbocycles. The highest BCUT2D eigenvalue weighted by Gasteiger charge is 2.30. The molecule has 0 aliphatic carbocycles. The van der Waals surface area contributed by atoms with Gasteiger partial charge in [0.15, 0.2) is 0 Å². The molecule has 3 heteroatoms. The average molecular weight is 157 g/mol. The predicted molar refractivity (Wildman–Crippen MR) is 41.6 cm³/mol. The van der Waals surface area contributed by atoms with Crippen LogP contribution in [0.25, 0.3) is 0 Å². The Kier molecular flexibility index (Phi) is 2.11. The first-order valence-corrected chi connectivity index (χ1v) is 4.33. The zero-order valence-electron chi connectivity index (χ0n) is 6.88. The van der Waals surface area contributed by atoms with Gasteiger partial charge in [0.1, 0.15) is 0 Å². The quantitative estimate of drug-likeness (QED) is 0.543. The maximum Gasteiger partial charge on any atom is 0.0961 e. The predicted octanol–water partition coefficient (Wildman–Crippen LogP) is 0.152. The second-order valence-electron chi connectivity index (χ2n) is 3.36. The standard InChI is InChI=1S/C8H15NO2/c1-6-4-9-7-2-3-10-8(7)5-11-6/h6-9H,2-5H2,1H3. The molecular formula is C8H15NO2. The van der Waals surface area contributed by atoms with E-state index in [1.165, 1.54) is 0 Å². The summed E-state index contributed by atoms with van der Waals surface area (Å²) in [4.78, 5) is 0. The molecule has 0 aromatic carbocycles. The van der Waals surface area contributed by atoms with Crippen molar-refractivity contribution in [2.75, 3.05) is 19.8 Å². The first-order valence-electron chi connectivity index (χ1n) is 4.33. The van der Waals surface area contributed by atoms with E-state index in [1.807, 2.05) is 0 Å². The number of ether oxygens (including phenoxy) is 2. The molecule has 0 amide bonds. The van der Waals surface area contributed by atoms with Crippen LogP contribution in [0.5, 0.6) is 0 Å². The van der Waals surface area contributed by atoms with Crippen molar-refractivity contribution in [1.29, 1.82) is 0 Å². The maximum absolute atomic E-state index is 5.53. The van der Waals surface area contributed by atoms with Crippen LogP contribution in [0.1, 0.15) is 13.3 Å². The summed E-state index contributed by atoms with van der Waals surface area (Å²) in [5.74, 6) is 0. The van der Waals surface area contributed by atoms with Crippen LogP contribution in [0.3, 0.4) is 0 Å². The summed E-state index contributed by atoms with van der Waals surface area (Å²) >= 11 is 0. The highest BCUT2D eigenvalue weighted by Crippen LogP contribution is 2.16. The first-order chi connectivity index (χ1) is 5.36.